The SMILES string of the molecule is O=[N+]([O-])c1cnccc1-c1cccc(Br)c1. The van der Waals surface area contributed by atoms with Crippen LogP contribution in [0, 0.1) is 10.1 Å². The number of hydrogen-bond acceptors (Lipinski definition) is 3. The van der Waals surface area contributed by atoms with Gasteiger partial charge < -0.3 is 0 Å². The molecule has 0 aliphatic heterocycles. The number of nitro groups is 1. The molecule has 1 heterocycles. The standard InChI is InChI=1S/C11H7BrN2O2/c12-9-3-1-2-8(6-9)10-4-5-13-7-11(10)14(15)16/h1-7H. The summed E-state index contributed by atoms with van der Waals surface area (Å²) < 4.78 is 0.885. The first-order chi connectivity index (χ1) is 7.68. The van der Waals surface area contributed by atoms with Gasteiger partial charge >= 0.3 is 0 Å². The van der Waals surface area contributed by atoms with Crippen molar-refractivity contribution in [1.82, 2.24) is 4.98 Å². The van der Waals surface area contributed by atoms with Gasteiger partial charge in [-0.2, -0.15) is 0 Å². The van der Waals surface area contributed by atoms with E-state index in [0.29, 0.717) is 5.56 Å². The van der Waals surface area contributed by atoms with Crippen molar-refractivity contribution in [3.05, 3.63) is 57.3 Å². The molecule has 0 unspecified atom stereocenters. The van der Waals surface area contributed by atoms with Crippen molar-refractivity contribution in [3.63, 3.8) is 0 Å². The molecule has 0 saturated carbocycles. The molecule has 0 N–H and O–H groups in total. The molecule has 0 radical (unpaired) electrons. The lowest BCUT2D eigenvalue weighted by Gasteiger charge is -2.02. The van der Waals surface area contributed by atoms with Crippen LogP contribution < -0.4 is 0 Å². The van der Waals surface area contributed by atoms with E-state index in [1.807, 2.05) is 24.3 Å². The number of halogens is 1. The van der Waals surface area contributed by atoms with Gasteiger partial charge in [-0.05, 0) is 23.8 Å². The second kappa shape index (κ2) is 4.40. The molecular formula is C11H7BrN2O2. The van der Waals surface area contributed by atoms with Crippen molar-refractivity contribution in [3.8, 4) is 11.1 Å². The lowest BCUT2D eigenvalue weighted by atomic mass is 10.1. The highest BCUT2D eigenvalue weighted by Crippen LogP contribution is 2.29. The van der Waals surface area contributed by atoms with E-state index in [9.17, 15) is 10.1 Å². The first-order valence-corrected chi connectivity index (χ1v) is 5.32. The monoisotopic (exact) mass is 278 g/mol. The Morgan fingerprint density at radius 2 is 2.12 bits per heavy atom. The molecule has 0 atom stereocenters. The molecule has 1 aromatic carbocycles. The van der Waals surface area contributed by atoms with E-state index >= 15 is 0 Å². The van der Waals surface area contributed by atoms with Crippen molar-refractivity contribution in [2.45, 2.75) is 0 Å². The molecule has 2 aromatic rings. The van der Waals surface area contributed by atoms with Gasteiger partial charge in [0.15, 0.2) is 0 Å². The summed E-state index contributed by atoms with van der Waals surface area (Å²) in [5.74, 6) is 0. The van der Waals surface area contributed by atoms with Gasteiger partial charge in [-0.15, -0.1) is 0 Å². The minimum absolute atomic E-state index is 0.0144. The largest absolute Gasteiger partial charge is 0.295 e. The van der Waals surface area contributed by atoms with Gasteiger partial charge in [0.1, 0.15) is 6.20 Å². The molecule has 0 bridgehead atoms. The summed E-state index contributed by atoms with van der Waals surface area (Å²) in [6.45, 7) is 0. The Morgan fingerprint density at radius 3 is 2.81 bits per heavy atom. The van der Waals surface area contributed by atoms with E-state index in [-0.39, 0.29) is 5.69 Å². The third-order valence-corrected chi connectivity index (χ3v) is 2.63. The minimum Gasteiger partial charge on any atom is -0.258 e. The summed E-state index contributed by atoms with van der Waals surface area (Å²) in [6, 6.07) is 9.01. The van der Waals surface area contributed by atoms with Crippen LogP contribution in [-0.4, -0.2) is 9.91 Å². The highest BCUT2D eigenvalue weighted by Gasteiger charge is 2.14. The number of pyridine rings is 1. The van der Waals surface area contributed by atoms with Crippen LogP contribution in [0.15, 0.2) is 47.2 Å². The summed E-state index contributed by atoms with van der Waals surface area (Å²) in [7, 11) is 0. The smallest absolute Gasteiger partial charge is 0.258 e. The zero-order valence-electron chi connectivity index (χ0n) is 8.13. The maximum atomic E-state index is 10.8. The van der Waals surface area contributed by atoms with Crippen molar-refractivity contribution in [2.24, 2.45) is 0 Å². The van der Waals surface area contributed by atoms with Crippen LogP contribution in [0.1, 0.15) is 0 Å². The van der Waals surface area contributed by atoms with Crippen LogP contribution in [0.2, 0.25) is 0 Å². The predicted molar refractivity (Wildman–Crippen MR) is 64.0 cm³/mol. The average molecular weight is 279 g/mol. The molecule has 0 aliphatic carbocycles. The van der Waals surface area contributed by atoms with Crippen molar-refractivity contribution in [1.29, 1.82) is 0 Å². The lowest BCUT2D eigenvalue weighted by molar-refractivity contribution is -0.384. The fourth-order valence-corrected chi connectivity index (χ4v) is 1.83. The average Bonchev–Trinajstić information content (AvgIpc) is 2.29. The quantitative estimate of drug-likeness (QED) is 0.625. The van der Waals surface area contributed by atoms with Crippen LogP contribution in [0.25, 0.3) is 11.1 Å². The summed E-state index contributed by atoms with van der Waals surface area (Å²) in [5, 5.41) is 10.8. The third-order valence-electron chi connectivity index (χ3n) is 2.13. The van der Waals surface area contributed by atoms with Gasteiger partial charge in [-0.3, -0.25) is 15.1 Å². The molecule has 80 valence electrons. The zero-order valence-corrected chi connectivity index (χ0v) is 9.72. The van der Waals surface area contributed by atoms with E-state index in [1.165, 1.54) is 6.20 Å². The first-order valence-electron chi connectivity index (χ1n) is 4.53. The Kier molecular flexibility index (Phi) is 2.96. The Bertz CT molecular complexity index is 543. The fourth-order valence-electron chi connectivity index (χ4n) is 1.43. The first kappa shape index (κ1) is 10.8. The van der Waals surface area contributed by atoms with Crippen molar-refractivity contribution >= 4 is 21.6 Å². The van der Waals surface area contributed by atoms with Gasteiger partial charge in [0.05, 0.1) is 10.5 Å². The second-order valence-electron chi connectivity index (χ2n) is 3.16. The molecule has 0 amide bonds. The van der Waals surface area contributed by atoms with E-state index in [1.54, 1.807) is 12.3 Å². The van der Waals surface area contributed by atoms with Crippen LogP contribution in [-0.2, 0) is 0 Å². The molecule has 4 nitrogen and oxygen atoms in total. The molecule has 5 heteroatoms. The topological polar surface area (TPSA) is 56.0 Å². The molecular weight excluding hydrogens is 272 g/mol. The molecule has 16 heavy (non-hydrogen) atoms. The van der Waals surface area contributed by atoms with E-state index < -0.39 is 4.92 Å². The number of benzene rings is 1. The number of rotatable bonds is 2. The van der Waals surface area contributed by atoms with E-state index in [4.69, 9.17) is 0 Å². The molecule has 2 rings (SSSR count). The molecule has 0 fully saturated rings. The third kappa shape index (κ3) is 2.09. The fraction of sp³-hybridized carbons (Fsp3) is 0. The normalized spacial score (nSPS) is 10.1. The highest BCUT2D eigenvalue weighted by molar-refractivity contribution is 9.10. The zero-order chi connectivity index (χ0) is 11.5. The number of hydrogen-bond donors (Lipinski definition) is 0. The van der Waals surface area contributed by atoms with Gasteiger partial charge in [0.2, 0.25) is 0 Å². The van der Waals surface area contributed by atoms with Crippen molar-refractivity contribution < 1.29 is 4.92 Å². The second-order valence-corrected chi connectivity index (χ2v) is 4.08. The molecule has 0 saturated heterocycles. The maximum absolute atomic E-state index is 10.8. The van der Waals surface area contributed by atoms with Crippen LogP contribution in [0.3, 0.4) is 0 Å². The maximum Gasteiger partial charge on any atom is 0.295 e. The van der Waals surface area contributed by atoms with Crippen LogP contribution >= 0.6 is 15.9 Å². The van der Waals surface area contributed by atoms with Crippen molar-refractivity contribution in [2.75, 3.05) is 0 Å². The van der Waals surface area contributed by atoms with Gasteiger partial charge in [0, 0.05) is 10.7 Å². The van der Waals surface area contributed by atoms with Crippen LogP contribution in [0.5, 0.6) is 0 Å². The van der Waals surface area contributed by atoms with Gasteiger partial charge in [-0.1, -0.05) is 28.1 Å². The Balaban J connectivity index is 2.60. The number of nitrogens with zero attached hydrogens (tertiary/aromatic N) is 2. The number of aromatic nitrogens is 1. The van der Waals surface area contributed by atoms with Crippen LogP contribution in [0.4, 0.5) is 5.69 Å². The Labute approximate surface area is 100 Å². The summed E-state index contributed by atoms with van der Waals surface area (Å²) in [6.07, 6.45) is 2.81. The van der Waals surface area contributed by atoms with E-state index in [0.717, 1.165) is 10.0 Å². The molecule has 0 spiro atoms. The Hall–Kier alpha value is -1.75. The highest BCUT2D eigenvalue weighted by atomic mass is 79.9. The summed E-state index contributed by atoms with van der Waals surface area (Å²) >= 11 is 3.34. The van der Waals surface area contributed by atoms with E-state index in [2.05, 4.69) is 20.9 Å². The lowest BCUT2D eigenvalue weighted by Crippen LogP contribution is -1.92. The minimum atomic E-state index is -0.427. The van der Waals surface area contributed by atoms with Gasteiger partial charge in [0.25, 0.3) is 5.69 Å². The molecule has 1 aromatic heterocycles. The summed E-state index contributed by atoms with van der Waals surface area (Å²) in [4.78, 5) is 14.2. The predicted octanol–water partition coefficient (Wildman–Crippen LogP) is 3.42. The van der Waals surface area contributed by atoms with Gasteiger partial charge in [-0.25, -0.2) is 0 Å². The Morgan fingerprint density at radius 1 is 1.31 bits per heavy atom. The molecule has 0 aliphatic rings. The summed E-state index contributed by atoms with van der Waals surface area (Å²) in [5.41, 5.74) is 1.38.